The third kappa shape index (κ3) is 7.18. The van der Waals surface area contributed by atoms with Gasteiger partial charge in [-0.1, -0.05) is 38.1 Å². The maximum absolute atomic E-state index is 14.3. The average molecular weight is 650 g/mol. The molecule has 0 spiro atoms. The second-order valence-electron chi connectivity index (χ2n) is 12.7. The summed E-state index contributed by atoms with van der Waals surface area (Å²) < 4.78 is 41.2. The maximum atomic E-state index is 14.3. The second kappa shape index (κ2) is 13.8. The molecule has 246 valence electrons. The van der Waals surface area contributed by atoms with Crippen LogP contribution in [-0.4, -0.2) is 86.0 Å². The van der Waals surface area contributed by atoms with E-state index < -0.39 is 10.0 Å². The van der Waals surface area contributed by atoms with Gasteiger partial charge in [-0.05, 0) is 68.4 Å². The lowest BCUT2D eigenvalue weighted by Crippen LogP contribution is -2.57. The zero-order valence-corrected chi connectivity index (χ0v) is 28.1. The number of amides is 2. The molecule has 1 N–H and O–H groups in total. The number of ether oxygens (including phenoxy) is 2. The number of anilines is 1. The molecule has 12 heteroatoms. The fourth-order valence-corrected chi connectivity index (χ4v) is 7.29. The van der Waals surface area contributed by atoms with Crippen LogP contribution in [0, 0.1) is 25.7 Å². The summed E-state index contributed by atoms with van der Waals surface area (Å²) in [5.41, 5.74) is 3.57. The van der Waals surface area contributed by atoms with E-state index in [9.17, 15) is 18.0 Å². The Hall–Kier alpha value is -4.03. The van der Waals surface area contributed by atoms with E-state index in [4.69, 9.17) is 9.47 Å². The van der Waals surface area contributed by atoms with E-state index in [-0.39, 0.29) is 64.6 Å². The molecule has 5 rings (SSSR count). The summed E-state index contributed by atoms with van der Waals surface area (Å²) in [4.78, 5) is 39.9. The molecule has 1 fully saturated rings. The summed E-state index contributed by atoms with van der Waals surface area (Å²) in [6, 6.07) is 13.0. The SMILES string of the molecule is COCCN(C)C(=O)C1CC(N2C(=O)c3cccc(c3)S(=O)(=O)Nc3nc(cc(-c4c(C)cccc4C)n3)OC[C@H]2CC(C)C)C1. The first-order valence-electron chi connectivity index (χ1n) is 15.7. The fourth-order valence-electron chi connectivity index (χ4n) is 6.30. The van der Waals surface area contributed by atoms with Crippen molar-refractivity contribution >= 4 is 27.8 Å². The summed E-state index contributed by atoms with van der Waals surface area (Å²) in [6.45, 7) is 9.17. The number of fused-ring (bicyclic) bond motifs is 4. The molecule has 1 aliphatic carbocycles. The molecule has 1 aliphatic heterocycles. The van der Waals surface area contributed by atoms with Crippen LogP contribution in [0.5, 0.6) is 5.88 Å². The van der Waals surface area contributed by atoms with Crippen molar-refractivity contribution in [1.29, 1.82) is 0 Å². The van der Waals surface area contributed by atoms with Gasteiger partial charge in [0.2, 0.25) is 17.7 Å². The van der Waals surface area contributed by atoms with Crippen LogP contribution in [0.2, 0.25) is 0 Å². The van der Waals surface area contributed by atoms with E-state index in [1.165, 1.54) is 12.1 Å². The van der Waals surface area contributed by atoms with Gasteiger partial charge in [-0.15, -0.1) is 0 Å². The van der Waals surface area contributed by atoms with Crippen molar-refractivity contribution in [2.45, 2.75) is 63.9 Å². The van der Waals surface area contributed by atoms with E-state index >= 15 is 0 Å². The van der Waals surface area contributed by atoms with Crippen molar-refractivity contribution in [2.75, 3.05) is 38.6 Å². The number of likely N-dealkylation sites (N-methyl/N-ethyl adjacent to an activating group) is 1. The second-order valence-corrected chi connectivity index (χ2v) is 14.4. The van der Waals surface area contributed by atoms with Crippen LogP contribution in [0.15, 0.2) is 53.4 Å². The van der Waals surface area contributed by atoms with Crippen LogP contribution in [-0.2, 0) is 19.6 Å². The number of methoxy groups -OCH3 is 1. The summed E-state index contributed by atoms with van der Waals surface area (Å²) in [5, 5.41) is 0. The van der Waals surface area contributed by atoms with Crippen molar-refractivity contribution in [3.05, 3.63) is 65.2 Å². The molecule has 0 radical (unpaired) electrons. The zero-order valence-electron chi connectivity index (χ0n) is 27.3. The third-order valence-electron chi connectivity index (χ3n) is 8.71. The lowest BCUT2D eigenvalue weighted by Gasteiger charge is -2.47. The molecular formula is C34H43N5O6S. The average Bonchev–Trinajstić information content (AvgIpc) is 2.98. The van der Waals surface area contributed by atoms with E-state index in [0.717, 1.165) is 16.7 Å². The number of nitrogens with zero attached hydrogens (tertiary/aromatic N) is 4. The number of rotatable bonds is 8. The summed E-state index contributed by atoms with van der Waals surface area (Å²) in [5.74, 6) is -0.208. The number of benzene rings is 2. The Bertz CT molecular complexity index is 1690. The molecule has 3 aromatic rings. The standard InChI is InChI=1S/C34H43N5O6S/c1-21(2)15-27-20-45-30-19-29(31-22(3)9-7-10-23(31)4)35-34(36-30)37-46(42,43)28-12-8-11-24(18-28)33(41)39(27)26-16-25(17-26)32(40)38(5)13-14-44-6/h7-12,18-19,21,25-27H,13-17,20H2,1-6H3,(H,35,36,37)/t25?,26?,27-/m1/s1. The minimum atomic E-state index is -4.16. The molecular weight excluding hydrogens is 606 g/mol. The first kappa shape index (κ1) is 33.3. The highest BCUT2D eigenvalue weighted by Gasteiger charge is 2.44. The van der Waals surface area contributed by atoms with Crippen LogP contribution < -0.4 is 9.46 Å². The van der Waals surface area contributed by atoms with Crippen LogP contribution in [0.4, 0.5) is 5.95 Å². The highest BCUT2D eigenvalue weighted by Crippen LogP contribution is 2.37. The minimum absolute atomic E-state index is 0.0231. The molecule has 2 amide bonds. The number of carbonyl (C=O) groups excluding carboxylic acids is 2. The number of aromatic nitrogens is 2. The van der Waals surface area contributed by atoms with Crippen LogP contribution in [0.3, 0.4) is 0 Å². The van der Waals surface area contributed by atoms with Gasteiger partial charge in [-0.3, -0.25) is 9.59 Å². The normalized spacial score (nSPS) is 20.8. The molecule has 2 aromatic carbocycles. The Kier molecular flexibility index (Phi) is 9.97. The van der Waals surface area contributed by atoms with Crippen molar-refractivity contribution in [2.24, 2.45) is 11.8 Å². The predicted octanol–water partition coefficient (Wildman–Crippen LogP) is 4.69. The lowest BCUT2D eigenvalue weighted by atomic mass is 9.77. The molecule has 0 saturated heterocycles. The molecule has 0 unspecified atom stereocenters. The van der Waals surface area contributed by atoms with Gasteiger partial charge in [0.15, 0.2) is 0 Å². The van der Waals surface area contributed by atoms with Gasteiger partial charge in [-0.25, -0.2) is 18.1 Å². The van der Waals surface area contributed by atoms with Crippen LogP contribution in [0.1, 0.15) is 54.6 Å². The number of hydrogen-bond acceptors (Lipinski definition) is 8. The maximum Gasteiger partial charge on any atom is 0.264 e. The van der Waals surface area contributed by atoms with Gasteiger partial charge in [0.25, 0.3) is 15.9 Å². The Balaban J connectivity index is 1.56. The van der Waals surface area contributed by atoms with Gasteiger partial charge in [-0.2, -0.15) is 4.98 Å². The smallest absolute Gasteiger partial charge is 0.264 e. The quantitative estimate of drug-likeness (QED) is 0.372. The van der Waals surface area contributed by atoms with E-state index in [1.807, 2.05) is 36.9 Å². The molecule has 4 bridgehead atoms. The van der Waals surface area contributed by atoms with E-state index in [2.05, 4.69) is 28.5 Å². The minimum Gasteiger partial charge on any atom is -0.475 e. The highest BCUT2D eigenvalue weighted by molar-refractivity contribution is 7.92. The number of aryl methyl sites for hydroxylation is 2. The first-order valence-corrected chi connectivity index (χ1v) is 17.1. The molecule has 46 heavy (non-hydrogen) atoms. The summed E-state index contributed by atoms with van der Waals surface area (Å²) >= 11 is 0. The highest BCUT2D eigenvalue weighted by atomic mass is 32.2. The molecule has 1 aromatic heterocycles. The Morgan fingerprint density at radius 1 is 1.11 bits per heavy atom. The predicted molar refractivity (Wildman–Crippen MR) is 175 cm³/mol. The fraction of sp³-hybridized carbons (Fsp3) is 0.471. The van der Waals surface area contributed by atoms with E-state index in [0.29, 0.717) is 38.1 Å². The van der Waals surface area contributed by atoms with Gasteiger partial charge in [0.05, 0.1) is 23.2 Å². The van der Waals surface area contributed by atoms with Crippen molar-refractivity contribution in [3.8, 4) is 17.1 Å². The van der Waals surface area contributed by atoms with Gasteiger partial charge in [0.1, 0.15) is 6.61 Å². The number of carbonyl (C=O) groups is 2. The zero-order chi connectivity index (χ0) is 33.2. The van der Waals surface area contributed by atoms with Gasteiger partial charge >= 0.3 is 0 Å². The lowest BCUT2D eigenvalue weighted by molar-refractivity contribution is -0.140. The third-order valence-corrected chi connectivity index (χ3v) is 10.0. The molecule has 1 saturated carbocycles. The largest absolute Gasteiger partial charge is 0.475 e. The number of sulfonamides is 1. The Morgan fingerprint density at radius 2 is 1.80 bits per heavy atom. The Morgan fingerprint density at radius 3 is 2.48 bits per heavy atom. The van der Waals surface area contributed by atoms with Gasteiger partial charge in [0, 0.05) is 49.9 Å². The summed E-state index contributed by atoms with van der Waals surface area (Å²) in [6.07, 6.45) is 1.64. The van der Waals surface area contributed by atoms with Crippen LogP contribution >= 0.6 is 0 Å². The number of hydrogen-bond donors (Lipinski definition) is 1. The number of nitrogens with one attached hydrogen (secondary N) is 1. The Labute approximate surface area is 271 Å². The molecule has 1 atom stereocenters. The van der Waals surface area contributed by atoms with Crippen LogP contribution in [0.25, 0.3) is 11.3 Å². The van der Waals surface area contributed by atoms with Crippen molar-refractivity contribution in [1.82, 2.24) is 19.8 Å². The van der Waals surface area contributed by atoms with Crippen molar-refractivity contribution < 1.29 is 27.5 Å². The first-order chi connectivity index (χ1) is 21.9. The topological polar surface area (TPSA) is 131 Å². The van der Waals surface area contributed by atoms with Crippen molar-refractivity contribution in [3.63, 3.8) is 0 Å². The van der Waals surface area contributed by atoms with E-state index in [1.54, 1.807) is 37.3 Å². The monoisotopic (exact) mass is 649 g/mol. The molecule has 2 aliphatic rings. The molecule has 2 heterocycles. The molecule has 11 nitrogen and oxygen atoms in total. The van der Waals surface area contributed by atoms with Gasteiger partial charge < -0.3 is 19.3 Å². The summed E-state index contributed by atoms with van der Waals surface area (Å²) in [7, 11) is -0.802.